The van der Waals surface area contributed by atoms with Crippen molar-refractivity contribution in [1.29, 1.82) is 0 Å². The van der Waals surface area contributed by atoms with E-state index in [0.29, 0.717) is 34.0 Å². The van der Waals surface area contributed by atoms with Gasteiger partial charge in [-0.2, -0.15) is 0 Å². The molecule has 0 aliphatic rings. The number of carbonyl (C=O) groups is 2. The maximum absolute atomic E-state index is 12.2. The number of hydrogen-bond donors (Lipinski definition) is 2. The van der Waals surface area contributed by atoms with E-state index in [2.05, 4.69) is 15.6 Å². The molecule has 2 N–H and O–H groups in total. The minimum absolute atomic E-state index is 0.244. The number of aromatic nitrogens is 1. The zero-order valence-corrected chi connectivity index (χ0v) is 17.1. The number of urea groups is 1. The van der Waals surface area contributed by atoms with Gasteiger partial charge in [0, 0.05) is 19.0 Å². The van der Waals surface area contributed by atoms with Crippen molar-refractivity contribution in [2.45, 2.75) is 13.1 Å². The van der Waals surface area contributed by atoms with Crippen LogP contribution in [0, 0.1) is 0 Å². The lowest BCUT2D eigenvalue weighted by Gasteiger charge is -2.13. The Morgan fingerprint density at radius 1 is 1.25 bits per heavy atom. The summed E-state index contributed by atoms with van der Waals surface area (Å²) in [4.78, 5) is 30.0. The first-order chi connectivity index (χ1) is 13.4. The molecule has 2 heterocycles. The van der Waals surface area contributed by atoms with E-state index in [1.54, 1.807) is 42.8 Å². The van der Waals surface area contributed by atoms with Gasteiger partial charge in [-0.25, -0.2) is 9.78 Å². The zero-order chi connectivity index (χ0) is 20.1. The Balaban J connectivity index is 1.50. The van der Waals surface area contributed by atoms with E-state index in [1.165, 1.54) is 22.5 Å². The van der Waals surface area contributed by atoms with Gasteiger partial charge in [0.2, 0.25) is 0 Å². The van der Waals surface area contributed by atoms with Gasteiger partial charge in [-0.3, -0.25) is 10.1 Å². The normalized spacial score (nSPS) is 10.5. The summed E-state index contributed by atoms with van der Waals surface area (Å²) in [6.45, 7) is 0.587. The van der Waals surface area contributed by atoms with Gasteiger partial charge in [0.05, 0.1) is 28.5 Å². The van der Waals surface area contributed by atoms with Crippen molar-refractivity contribution in [2.75, 3.05) is 12.4 Å². The Morgan fingerprint density at radius 2 is 2.07 bits per heavy atom. The van der Waals surface area contributed by atoms with Gasteiger partial charge in [-0.1, -0.05) is 29.3 Å². The minimum atomic E-state index is -0.396. The summed E-state index contributed by atoms with van der Waals surface area (Å²) in [6, 6.07) is 8.01. The lowest BCUT2D eigenvalue weighted by Crippen LogP contribution is -2.28. The quantitative estimate of drug-likeness (QED) is 0.586. The zero-order valence-electron chi connectivity index (χ0n) is 14.7. The third-order valence-electron chi connectivity index (χ3n) is 3.69. The lowest BCUT2D eigenvalue weighted by molar-refractivity contribution is 0.0752. The third-order valence-corrected chi connectivity index (χ3v) is 5.23. The van der Waals surface area contributed by atoms with Crippen molar-refractivity contribution >= 4 is 51.6 Å². The van der Waals surface area contributed by atoms with Crippen LogP contribution in [-0.2, 0) is 13.1 Å². The van der Waals surface area contributed by atoms with Crippen LogP contribution in [0.5, 0.6) is 0 Å². The second kappa shape index (κ2) is 9.09. The summed E-state index contributed by atoms with van der Waals surface area (Å²) in [7, 11) is 1.65. The first-order valence-electron chi connectivity index (χ1n) is 8.14. The number of halogens is 2. The molecule has 7 nitrogen and oxygen atoms in total. The highest BCUT2D eigenvalue weighted by Crippen LogP contribution is 2.22. The summed E-state index contributed by atoms with van der Waals surface area (Å²) >= 11 is 13.1. The van der Waals surface area contributed by atoms with E-state index >= 15 is 0 Å². The molecule has 2 aromatic heterocycles. The van der Waals surface area contributed by atoms with E-state index in [4.69, 9.17) is 27.6 Å². The maximum atomic E-state index is 12.2. The highest BCUT2D eigenvalue weighted by atomic mass is 35.5. The van der Waals surface area contributed by atoms with Crippen LogP contribution in [-0.4, -0.2) is 28.9 Å². The Hall–Kier alpha value is -2.55. The number of carbonyl (C=O) groups excluding carboxylic acids is 2. The van der Waals surface area contributed by atoms with Gasteiger partial charge in [-0.15, -0.1) is 11.3 Å². The molecule has 0 spiro atoms. The molecule has 3 amide bonds. The number of hydrogen-bond acceptors (Lipinski definition) is 5. The Bertz CT molecular complexity index is 975. The molecular formula is C18H16Cl2N4O3S. The van der Waals surface area contributed by atoms with Crippen molar-refractivity contribution in [3.8, 4) is 0 Å². The van der Waals surface area contributed by atoms with Gasteiger partial charge < -0.3 is 14.6 Å². The number of nitrogens with zero attached hydrogens (tertiary/aromatic N) is 2. The number of thiazole rings is 1. The number of amides is 3. The van der Waals surface area contributed by atoms with Gasteiger partial charge in [0.25, 0.3) is 5.91 Å². The van der Waals surface area contributed by atoms with Crippen LogP contribution in [0.3, 0.4) is 0 Å². The summed E-state index contributed by atoms with van der Waals surface area (Å²) < 4.78 is 5.10. The van der Waals surface area contributed by atoms with E-state index in [9.17, 15) is 9.59 Å². The predicted octanol–water partition coefficient (Wildman–Crippen LogP) is 4.64. The first-order valence-corrected chi connectivity index (χ1v) is 9.78. The van der Waals surface area contributed by atoms with E-state index in [0.717, 1.165) is 5.56 Å². The lowest BCUT2D eigenvalue weighted by atomic mass is 10.2. The maximum Gasteiger partial charge on any atom is 0.321 e. The molecule has 0 fully saturated rings. The molecule has 3 rings (SSSR count). The van der Waals surface area contributed by atoms with E-state index < -0.39 is 6.03 Å². The third kappa shape index (κ3) is 5.25. The van der Waals surface area contributed by atoms with E-state index in [1.807, 2.05) is 0 Å². The highest BCUT2D eigenvalue weighted by Gasteiger charge is 2.16. The summed E-state index contributed by atoms with van der Waals surface area (Å²) in [5.74, 6) is 0.0182. The molecular weight excluding hydrogens is 423 g/mol. The fourth-order valence-electron chi connectivity index (χ4n) is 2.31. The van der Waals surface area contributed by atoms with Crippen LogP contribution in [0.2, 0.25) is 10.0 Å². The molecule has 0 atom stereocenters. The van der Waals surface area contributed by atoms with Gasteiger partial charge >= 0.3 is 6.03 Å². The van der Waals surface area contributed by atoms with E-state index in [-0.39, 0.29) is 11.7 Å². The minimum Gasteiger partial charge on any atom is -0.459 e. The standard InChI is InChI=1S/C18H16Cl2N4O3S/c1-24(16(25)15-3-2-6-27-15)9-12-10-28-18(22-12)23-17(26)21-8-11-4-5-13(19)14(20)7-11/h2-7,10H,8-9H2,1H3,(H2,21,22,23,26). The van der Waals surface area contributed by atoms with Crippen molar-refractivity contribution < 1.29 is 14.0 Å². The average Bonchev–Trinajstić information content (AvgIpc) is 3.34. The molecule has 10 heteroatoms. The molecule has 0 aliphatic heterocycles. The highest BCUT2D eigenvalue weighted by molar-refractivity contribution is 7.13. The fourth-order valence-corrected chi connectivity index (χ4v) is 3.33. The Labute approximate surface area is 175 Å². The molecule has 0 saturated heterocycles. The molecule has 0 aliphatic carbocycles. The largest absolute Gasteiger partial charge is 0.459 e. The van der Waals surface area contributed by atoms with Gasteiger partial charge in [-0.05, 0) is 29.8 Å². The van der Waals surface area contributed by atoms with Gasteiger partial charge in [0.1, 0.15) is 0 Å². The SMILES string of the molecule is CN(Cc1csc(NC(=O)NCc2ccc(Cl)c(Cl)c2)n1)C(=O)c1ccco1. The topological polar surface area (TPSA) is 87.5 Å². The number of anilines is 1. The van der Waals surface area contributed by atoms with Crippen LogP contribution in [0.1, 0.15) is 21.8 Å². The second-order valence-electron chi connectivity index (χ2n) is 5.84. The monoisotopic (exact) mass is 438 g/mol. The van der Waals surface area contributed by atoms with Crippen LogP contribution < -0.4 is 10.6 Å². The van der Waals surface area contributed by atoms with Crippen molar-refractivity contribution in [3.63, 3.8) is 0 Å². The number of rotatable bonds is 6. The molecule has 3 aromatic rings. The smallest absolute Gasteiger partial charge is 0.321 e. The molecule has 146 valence electrons. The van der Waals surface area contributed by atoms with Crippen molar-refractivity contribution in [3.05, 3.63) is 69.0 Å². The van der Waals surface area contributed by atoms with Crippen molar-refractivity contribution in [1.82, 2.24) is 15.2 Å². The summed E-state index contributed by atoms with van der Waals surface area (Å²) in [5.41, 5.74) is 1.48. The predicted molar refractivity (Wildman–Crippen MR) is 109 cm³/mol. The molecule has 0 unspecified atom stereocenters. The molecule has 0 saturated carbocycles. The molecule has 28 heavy (non-hydrogen) atoms. The number of furan rings is 1. The first kappa shape index (κ1) is 20.2. The molecule has 1 aromatic carbocycles. The summed E-state index contributed by atoms with van der Waals surface area (Å²) in [6.07, 6.45) is 1.45. The second-order valence-corrected chi connectivity index (χ2v) is 7.51. The van der Waals surface area contributed by atoms with Crippen LogP contribution in [0.4, 0.5) is 9.93 Å². The Morgan fingerprint density at radius 3 is 2.79 bits per heavy atom. The van der Waals surface area contributed by atoms with Crippen LogP contribution >= 0.6 is 34.5 Å². The molecule has 0 bridgehead atoms. The Kier molecular flexibility index (Phi) is 6.56. The fraction of sp³-hybridized carbons (Fsp3) is 0.167. The number of nitrogens with one attached hydrogen (secondary N) is 2. The average molecular weight is 439 g/mol. The van der Waals surface area contributed by atoms with Crippen LogP contribution in [0.15, 0.2) is 46.4 Å². The number of benzene rings is 1. The van der Waals surface area contributed by atoms with Crippen molar-refractivity contribution in [2.24, 2.45) is 0 Å². The summed E-state index contributed by atoms with van der Waals surface area (Å²) in [5, 5.41) is 8.48. The van der Waals surface area contributed by atoms with Crippen LogP contribution in [0.25, 0.3) is 0 Å². The molecule has 0 radical (unpaired) electrons. The van der Waals surface area contributed by atoms with Gasteiger partial charge in [0.15, 0.2) is 10.9 Å².